The second kappa shape index (κ2) is 6.25. The van der Waals surface area contributed by atoms with Crippen LogP contribution in [0.25, 0.3) is 0 Å². The largest absolute Gasteiger partial charge is 0.497 e. The summed E-state index contributed by atoms with van der Waals surface area (Å²) in [6.45, 7) is 1.65. The maximum atomic E-state index is 14.1. The smallest absolute Gasteiger partial charge is 0.260 e. The van der Waals surface area contributed by atoms with Crippen molar-refractivity contribution in [2.45, 2.75) is 56.3 Å². The molecule has 0 bridgehead atoms. The van der Waals surface area contributed by atoms with Crippen LogP contribution >= 0.6 is 0 Å². The standard InChI is InChI=1S/C20H25FN2O3/c1-26-16-4-2-15(3-5-16)14-23-17(24)6-7-19(23)10-12-22(13-11-19)18(25)20(21)8-9-20/h2-5H,6-14H2,1H3. The number of hydrogen-bond acceptors (Lipinski definition) is 3. The lowest BCUT2D eigenvalue weighted by atomic mass is 9.84. The van der Waals surface area contributed by atoms with Gasteiger partial charge in [0, 0.05) is 31.6 Å². The topological polar surface area (TPSA) is 49.9 Å². The number of carbonyl (C=O) groups excluding carboxylic acids is 2. The number of methoxy groups -OCH3 is 1. The van der Waals surface area contributed by atoms with E-state index in [0.29, 0.717) is 38.9 Å². The number of carbonyl (C=O) groups is 2. The Morgan fingerprint density at radius 2 is 1.77 bits per heavy atom. The van der Waals surface area contributed by atoms with E-state index >= 15 is 0 Å². The van der Waals surface area contributed by atoms with Crippen LogP contribution in [0, 0.1) is 0 Å². The molecule has 5 nitrogen and oxygen atoms in total. The Balaban J connectivity index is 1.45. The molecule has 0 N–H and O–H groups in total. The highest BCUT2D eigenvalue weighted by Crippen LogP contribution is 2.44. The third kappa shape index (κ3) is 2.95. The van der Waals surface area contributed by atoms with Gasteiger partial charge in [0.1, 0.15) is 5.75 Å². The molecule has 2 aliphatic heterocycles. The van der Waals surface area contributed by atoms with Crippen LogP contribution in [0.2, 0.25) is 0 Å². The zero-order valence-corrected chi connectivity index (χ0v) is 15.2. The van der Waals surface area contributed by atoms with Gasteiger partial charge in [-0.1, -0.05) is 12.1 Å². The van der Waals surface area contributed by atoms with E-state index in [2.05, 4.69) is 0 Å². The Labute approximate surface area is 153 Å². The molecule has 1 spiro atoms. The molecule has 26 heavy (non-hydrogen) atoms. The number of hydrogen-bond donors (Lipinski definition) is 0. The summed E-state index contributed by atoms with van der Waals surface area (Å²) in [5.41, 5.74) is -0.723. The molecule has 1 aromatic rings. The van der Waals surface area contributed by atoms with Crippen molar-refractivity contribution in [3.05, 3.63) is 29.8 Å². The minimum Gasteiger partial charge on any atom is -0.497 e. The van der Waals surface area contributed by atoms with Gasteiger partial charge >= 0.3 is 0 Å². The highest BCUT2D eigenvalue weighted by Gasteiger charge is 2.55. The predicted octanol–water partition coefficient (Wildman–Crippen LogP) is 2.68. The van der Waals surface area contributed by atoms with Gasteiger partial charge in [-0.15, -0.1) is 0 Å². The molecule has 6 heteroatoms. The maximum absolute atomic E-state index is 14.1. The van der Waals surface area contributed by atoms with Gasteiger partial charge in [0.05, 0.1) is 7.11 Å². The molecule has 0 radical (unpaired) electrons. The van der Waals surface area contributed by atoms with E-state index < -0.39 is 5.67 Å². The fourth-order valence-corrected chi connectivity index (χ4v) is 4.30. The molecular formula is C20H25FN2O3. The second-order valence-corrected chi connectivity index (χ2v) is 7.81. The molecule has 0 unspecified atom stereocenters. The van der Waals surface area contributed by atoms with Crippen LogP contribution in [0.1, 0.15) is 44.1 Å². The number of alkyl halides is 1. The summed E-state index contributed by atoms with van der Waals surface area (Å²) < 4.78 is 19.3. The average Bonchev–Trinajstić information content (AvgIpc) is 3.36. The summed E-state index contributed by atoms with van der Waals surface area (Å²) in [7, 11) is 1.63. The highest BCUT2D eigenvalue weighted by molar-refractivity contribution is 5.88. The van der Waals surface area contributed by atoms with Crippen molar-refractivity contribution in [3.8, 4) is 5.75 Å². The monoisotopic (exact) mass is 360 g/mol. The van der Waals surface area contributed by atoms with Crippen molar-refractivity contribution < 1.29 is 18.7 Å². The third-order valence-electron chi connectivity index (χ3n) is 6.23. The SMILES string of the molecule is COc1ccc(CN2C(=O)CCC23CCN(C(=O)C2(F)CC2)CC3)cc1. The minimum absolute atomic E-state index is 0.171. The van der Waals surface area contributed by atoms with Crippen molar-refractivity contribution in [1.29, 1.82) is 0 Å². The highest BCUT2D eigenvalue weighted by atomic mass is 19.1. The lowest BCUT2D eigenvalue weighted by molar-refractivity contribution is -0.142. The molecule has 140 valence electrons. The molecule has 0 atom stereocenters. The van der Waals surface area contributed by atoms with Gasteiger partial charge in [-0.05, 0) is 49.8 Å². The van der Waals surface area contributed by atoms with Gasteiger partial charge in [0.15, 0.2) is 5.67 Å². The maximum Gasteiger partial charge on any atom is 0.260 e. The van der Waals surface area contributed by atoms with Crippen LogP contribution < -0.4 is 4.74 Å². The van der Waals surface area contributed by atoms with Crippen LogP contribution in [0.5, 0.6) is 5.75 Å². The number of nitrogens with zero attached hydrogens (tertiary/aromatic N) is 2. The summed E-state index contributed by atoms with van der Waals surface area (Å²) >= 11 is 0. The first-order valence-electron chi connectivity index (χ1n) is 9.38. The van der Waals surface area contributed by atoms with Crippen LogP contribution in [0.3, 0.4) is 0 Å². The Bertz CT molecular complexity index is 706. The van der Waals surface area contributed by atoms with E-state index in [9.17, 15) is 14.0 Å². The fraction of sp³-hybridized carbons (Fsp3) is 0.600. The van der Waals surface area contributed by atoms with Gasteiger partial charge in [-0.3, -0.25) is 9.59 Å². The molecule has 4 rings (SSSR count). The summed E-state index contributed by atoms with van der Waals surface area (Å²) in [5.74, 6) is 0.617. The van der Waals surface area contributed by atoms with Gasteiger partial charge < -0.3 is 14.5 Å². The minimum atomic E-state index is -1.60. The van der Waals surface area contributed by atoms with Gasteiger partial charge in [-0.25, -0.2) is 4.39 Å². The number of benzene rings is 1. The van der Waals surface area contributed by atoms with Gasteiger partial charge in [0.25, 0.3) is 5.91 Å². The van der Waals surface area contributed by atoms with E-state index in [1.807, 2.05) is 29.2 Å². The Morgan fingerprint density at radius 1 is 1.12 bits per heavy atom. The molecule has 0 aromatic heterocycles. The van der Waals surface area contributed by atoms with E-state index in [0.717, 1.165) is 30.6 Å². The molecule has 2 amide bonds. The Hall–Kier alpha value is -2.11. The number of halogens is 1. The third-order valence-corrected chi connectivity index (χ3v) is 6.23. The molecule has 1 aliphatic carbocycles. The van der Waals surface area contributed by atoms with E-state index in [1.54, 1.807) is 12.0 Å². The van der Waals surface area contributed by atoms with Crippen LogP contribution in [-0.2, 0) is 16.1 Å². The van der Waals surface area contributed by atoms with Crippen LogP contribution in [0.15, 0.2) is 24.3 Å². The average molecular weight is 360 g/mol. The summed E-state index contributed by atoms with van der Waals surface area (Å²) in [6.07, 6.45) is 3.56. The van der Waals surface area contributed by atoms with E-state index in [1.165, 1.54) is 0 Å². The number of piperidine rings is 1. The van der Waals surface area contributed by atoms with Crippen molar-refractivity contribution in [1.82, 2.24) is 9.80 Å². The number of amides is 2. The molecule has 3 fully saturated rings. The number of rotatable bonds is 4. The Morgan fingerprint density at radius 3 is 2.35 bits per heavy atom. The molecule has 2 heterocycles. The normalized spacial score (nSPS) is 23.4. The Kier molecular flexibility index (Phi) is 4.16. The molecule has 1 aromatic carbocycles. The van der Waals surface area contributed by atoms with Crippen LogP contribution in [-0.4, -0.2) is 53.0 Å². The van der Waals surface area contributed by atoms with E-state index in [4.69, 9.17) is 4.74 Å². The molecular weight excluding hydrogens is 335 g/mol. The van der Waals surface area contributed by atoms with Crippen molar-refractivity contribution in [3.63, 3.8) is 0 Å². The molecule has 3 aliphatic rings. The number of likely N-dealkylation sites (tertiary alicyclic amines) is 2. The number of ether oxygens (including phenoxy) is 1. The lowest BCUT2D eigenvalue weighted by Crippen LogP contribution is -2.55. The molecule has 2 saturated heterocycles. The molecule has 1 saturated carbocycles. The van der Waals surface area contributed by atoms with E-state index in [-0.39, 0.29) is 17.4 Å². The zero-order chi connectivity index (χ0) is 18.4. The van der Waals surface area contributed by atoms with Gasteiger partial charge in [-0.2, -0.15) is 0 Å². The summed E-state index contributed by atoms with van der Waals surface area (Å²) in [6, 6.07) is 7.77. The van der Waals surface area contributed by atoms with Gasteiger partial charge in [0.2, 0.25) is 5.91 Å². The van der Waals surface area contributed by atoms with Crippen molar-refractivity contribution >= 4 is 11.8 Å². The summed E-state index contributed by atoms with van der Waals surface area (Å²) in [4.78, 5) is 28.4. The first-order valence-corrected chi connectivity index (χ1v) is 9.38. The fourth-order valence-electron chi connectivity index (χ4n) is 4.30. The lowest BCUT2D eigenvalue weighted by Gasteiger charge is -2.45. The summed E-state index contributed by atoms with van der Waals surface area (Å²) in [5, 5.41) is 0. The van der Waals surface area contributed by atoms with Crippen LogP contribution in [0.4, 0.5) is 4.39 Å². The van der Waals surface area contributed by atoms with Crippen molar-refractivity contribution in [2.24, 2.45) is 0 Å². The zero-order valence-electron chi connectivity index (χ0n) is 15.2. The van der Waals surface area contributed by atoms with Crippen molar-refractivity contribution in [2.75, 3.05) is 20.2 Å². The second-order valence-electron chi connectivity index (χ2n) is 7.81. The first kappa shape index (κ1) is 17.3. The predicted molar refractivity (Wildman–Crippen MR) is 94.4 cm³/mol. The quantitative estimate of drug-likeness (QED) is 0.830. The first-order chi connectivity index (χ1) is 12.5.